The quantitative estimate of drug-likeness (QED) is 0.0602. The monoisotopic (exact) mass is 1490 g/mol. The molecule has 0 radical (unpaired) electrons. The number of ether oxygens (including phenoxy) is 7. The molecule has 1 unspecified atom stereocenters. The number of hydrogen-bond acceptors (Lipinski definition) is 15. The Morgan fingerprint density at radius 3 is 1.24 bits per heavy atom. The van der Waals surface area contributed by atoms with E-state index in [1.165, 1.54) is 16.0 Å². The van der Waals surface area contributed by atoms with Crippen LogP contribution in [0.15, 0.2) is 114 Å². The Kier molecular flexibility index (Phi) is 39.6. The first-order valence-electron chi connectivity index (χ1n) is 37.1. The summed E-state index contributed by atoms with van der Waals surface area (Å²) in [6.45, 7) is 42.8. The van der Waals surface area contributed by atoms with Crippen LogP contribution in [0, 0.1) is 17.5 Å². The molecule has 0 saturated carbocycles. The van der Waals surface area contributed by atoms with E-state index >= 15 is 0 Å². The third kappa shape index (κ3) is 31.6. The average Bonchev–Trinajstić information content (AvgIpc) is 0.842. The number of aromatic nitrogens is 1. The third-order valence-electron chi connectivity index (χ3n) is 18.5. The molecule has 4 aliphatic heterocycles. The Morgan fingerprint density at radius 1 is 0.500 bits per heavy atom. The third-order valence-corrected chi connectivity index (χ3v) is 19.6. The summed E-state index contributed by atoms with van der Waals surface area (Å²) < 4.78 is 91.3. The van der Waals surface area contributed by atoms with Gasteiger partial charge in [-0.15, -0.1) is 0 Å². The van der Waals surface area contributed by atoms with Crippen LogP contribution in [0.4, 0.5) is 13.2 Å². The molecular weight excluding hydrogens is 1360 g/mol. The van der Waals surface area contributed by atoms with Crippen molar-refractivity contribution in [1.29, 1.82) is 0 Å². The van der Waals surface area contributed by atoms with Gasteiger partial charge in [0.1, 0.15) is 31.0 Å². The summed E-state index contributed by atoms with van der Waals surface area (Å²) in [5.41, 5.74) is 7.18. The van der Waals surface area contributed by atoms with Crippen LogP contribution in [0.1, 0.15) is 175 Å². The molecule has 1 aromatic heterocycles. The van der Waals surface area contributed by atoms with Crippen molar-refractivity contribution in [2.45, 2.75) is 143 Å². The Morgan fingerprint density at radius 2 is 0.865 bits per heavy atom. The van der Waals surface area contributed by atoms with Gasteiger partial charge in [0, 0.05) is 112 Å². The molecule has 104 heavy (non-hydrogen) atoms. The Balaban J connectivity index is 0.000000226. The second-order valence-corrected chi connectivity index (χ2v) is 30.7. The average molecular weight is 1490 g/mol. The number of hydrogen-bond donors (Lipinski definition) is 0. The maximum absolute atomic E-state index is 13.9. The SMILES string of the molecule is CC(C)c1ccc(C(=O)N(C)C)c(Cl)c1.CC(C)c1ccc(OC2CCN(C)CC2)c(F)c1.CC(C)c1ccc(OCCN2CCN(C)CC2)c(F)c1.CC(C)c1ccc(OCCN2CCOCC2)c(F)c1.CC(C)c1ccc(S(C)=O)nc1.COc1cc(C(C)C)ccc1OCCN1CCOCC1. The number of nitrogens with zero attached hydrogens (tertiary/aromatic N) is 7. The summed E-state index contributed by atoms with van der Waals surface area (Å²) >= 11 is 6.06. The minimum absolute atomic E-state index is 0.0599. The molecule has 4 fully saturated rings. The van der Waals surface area contributed by atoms with Crippen molar-refractivity contribution in [3.8, 4) is 28.7 Å². The van der Waals surface area contributed by atoms with Gasteiger partial charge in [-0.3, -0.25) is 23.7 Å². The smallest absolute Gasteiger partial charge is 0.254 e. The van der Waals surface area contributed by atoms with E-state index in [9.17, 15) is 22.2 Å². The molecule has 1 amide bonds. The molecule has 0 aliphatic carbocycles. The van der Waals surface area contributed by atoms with Gasteiger partial charge in [0.25, 0.3) is 5.91 Å². The highest BCUT2D eigenvalue weighted by Gasteiger charge is 2.22. The van der Waals surface area contributed by atoms with Crippen LogP contribution in [-0.2, 0) is 20.3 Å². The summed E-state index contributed by atoms with van der Waals surface area (Å²) in [6.07, 6.45) is 5.53. The zero-order valence-electron chi connectivity index (χ0n) is 65.7. The fraction of sp³-hybridized carbons (Fsp3) is 0.566. The molecule has 0 bridgehead atoms. The fourth-order valence-corrected chi connectivity index (χ4v) is 11.9. The number of likely N-dealkylation sites (tertiary alicyclic amines) is 1. The number of halogens is 4. The number of carbonyl (C=O) groups is 1. The number of morpholine rings is 2. The minimum Gasteiger partial charge on any atom is -0.493 e. The van der Waals surface area contributed by atoms with Gasteiger partial charge in [0.2, 0.25) is 0 Å². The van der Waals surface area contributed by atoms with E-state index in [1.807, 2.05) is 62.4 Å². The molecule has 0 N–H and O–H groups in total. The summed E-state index contributed by atoms with van der Waals surface area (Å²) in [5.74, 6) is 4.34. The van der Waals surface area contributed by atoms with Gasteiger partial charge in [0.15, 0.2) is 46.2 Å². The normalized spacial score (nSPS) is 15.8. The van der Waals surface area contributed by atoms with E-state index in [0.29, 0.717) is 88.2 Å². The van der Waals surface area contributed by atoms with Crippen LogP contribution < -0.4 is 23.7 Å². The maximum atomic E-state index is 13.9. The van der Waals surface area contributed by atoms with Gasteiger partial charge in [-0.25, -0.2) is 18.2 Å². The summed E-state index contributed by atoms with van der Waals surface area (Å²) in [6, 6.07) is 31.4. The summed E-state index contributed by atoms with van der Waals surface area (Å²) in [7, 11) is 8.41. The molecule has 1 atom stereocenters. The molecule has 0 spiro atoms. The summed E-state index contributed by atoms with van der Waals surface area (Å²) in [4.78, 5) is 28.9. The second-order valence-electron chi connectivity index (χ2n) is 28.9. The lowest BCUT2D eigenvalue weighted by Crippen LogP contribution is -2.45. The number of piperidine rings is 1. The Hall–Kier alpha value is -6.33. The summed E-state index contributed by atoms with van der Waals surface area (Å²) in [5, 5.41) is 1.18. The topological polar surface area (TPSA) is 131 Å². The Bertz CT molecular complexity index is 3470. The number of methoxy groups -OCH3 is 1. The number of piperazine rings is 1. The van der Waals surface area contributed by atoms with E-state index in [2.05, 4.69) is 125 Å². The molecule has 16 nitrogen and oxygen atoms in total. The van der Waals surface area contributed by atoms with Crippen molar-refractivity contribution in [2.75, 3.05) is 173 Å². The molecule has 6 aromatic rings. The van der Waals surface area contributed by atoms with Crippen LogP contribution in [-0.4, -0.2) is 223 Å². The highest BCUT2D eigenvalue weighted by Crippen LogP contribution is 2.32. The highest BCUT2D eigenvalue weighted by molar-refractivity contribution is 7.84. The predicted molar refractivity (Wildman–Crippen MR) is 419 cm³/mol. The van der Waals surface area contributed by atoms with Crippen molar-refractivity contribution in [3.05, 3.63) is 171 Å². The standard InChI is InChI=1S/C16H25FN2O.C16H25NO3.C15H22FNO2.C15H22FNO.C12H16ClNO.C9H13NOS/c1-13(2)14-4-5-16(15(17)12-14)20-11-10-19-8-6-18(3)7-9-19;1-13(2)14-4-5-15(16(12-14)18-3)20-11-8-17-6-9-19-10-7-17;1-12(2)13-3-4-15(14(16)11-13)19-10-7-17-5-8-18-9-6-17;1-11(2)12-4-5-15(14(16)10-12)18-13-6-8-17(3)9-7-13;1-8(2)9-5-6-10(11(13)7-9)12(15)14(3)4;1-7(2)8-4-5-9(10-6-8)12(3)11/h2*4-5,12-13H,6-11H2,1-3H3;3-4,11-12H,5-10H2,1-2H3;4-5,10-11,13H,6-9H2,1-3H3;5-8H,1-4H3;4-7H,1-3H3. The minimum atomic E-state index is -0.962. The first kappa shape index (κ1) is 88.3. The maximum Gasteiger partial charge on any atom is 0.254 e. The zero-order chi connectivity index (χ0) is 76.4. The lowest BCUT2D eigenvalue weighted by atomic mass is 10.0. The van der Waals surface area contributed by atoms with Gasteiger partial charge < -0.3 is 47.9 Å². The van der Waals surface area contributed by atoms with Crippen molar-refractivity contribution >= 4 is 28.3 Å². The van der Waals surface area contributed by atoms with Gasteiger partial charge in [0.05, 0.1) is 54.9 Å². The molecular formula is C83H123ClF3N7O9S. The predicted octanol–water partition coefficient (Wildman–Crippen LogP) is 16.3. The van der Waals surface area contributed by atoms with Crippen molar-refractivity contribution in [2.24, 2.45) is 0 Å². The van der Waals surface area contributed by atoms with E-state index in [4.69, 9.17) is 44.8 Å². The molecule has 4 saturated heterocycles. The number of pyridine rings is 1. The van der Waals surface area contributed by atoms with E-state index in [-0.39, 0.29) is 29.5 Å². The molecule has 4 aliphatic rings. The van der Waals surface area contributed by atoms with Crippen LogP contribution in [0.2, 0.25) is 5.02 Å². The first-order valence-corrected chi connectivity index (χ1v) is 39.1. The lowest BCUT2D eigenvalue weighted by Gasteiger charge is -2.32. The largest absolute Gasteiger partial charge is 0.493 e. The van der Waals surface area contributed by atoms with E-state index in [1.54, 1.807) is 76.1 Å². The lowest BCUT2D eigenvalue weighted by molar-refractivity contribution is 0.0320. The number of amides is 1. The molecule has 578 valence electrons. The van der Waals surface area contributed by atoms with Crippen LogP contribution in [0.3, 0.4) is 0 Å². The van der Waals surface area contributed by atoms with Gasteiger partial charge in [-0.1, -0.05) is 131 Å². The van der Waals surface area contributed by atoms with Gasteiger partial charge in [-0.05, 0) is 163 Å². The fourth-order valence-electron chi connectivity index (χ4n) is 11.2. The van der Waals surface area contributed by atoms with E-state index < -0.39 is 10.8 Å². The van der Waals surface area contributed by atoms with Gasteiger partial charge >= 0.3 is 0 Å². The second kappa shape index (κ2) is 46.7. The van der Waals surface area contributed by atoms with Gasteiger partial charge in [-0.2, -0.15) is 0 Å². The highest BCUT2D eigenvalue weighted by atomic mass is 35.5. The molecule has 5 aromatic carbocycles. The zero-order valence-corrected chi connectivity index (χ0v) is 67.3. The number of likely N-dealkylation sites (N-methyl/N-ethyl adjacent to an activating group) is 1. The number of benzene rings is 5. The molecule has 5 heterocycles. The van der Waals surface area contributed by atoms with E-state index in [0.717, 1.165) is 158 Å². The van der Waals surface area contributed by atoms with Crippen LogP contribution >= 0.6 is 11.6 Å². The van der Waals surface area contributed by atoms with Crippen molar-refractivity contribution < 1.29 is 55.3 Å². The molecule has 10 rings (SSSR count). The van der Waals surface area contributed by atoms with Crippen LogP contribution in [0.25, 0.3) is 0 Å². The van der Waals surface area contributed by atoms with Crippen molar-refractivity contribution in [1.82, 2.24) is 34.4 Å². The molecule has 21 heteroatoms. The first-order chi connectivity index (χ1) is 49.5. The van der Waals surface area contributed by atoms with Crippen molar-refractivity contribution in [3.63, 3.8) is 0 Å². The Labute approximate surface area is 629 Å². The van der Waals surface area contributed by atoms with Crippen LogP contribution in [0.5, 0.6) is 28.7 Å². The number of rotatable bonds is 23. The number of carbonyl (C=O) groups excluding carboxylic acids is 1.